The molecular weight excluding hydrogens is 368 g/mol. The van der Waals surface area contributed by atoms with E-state index in [-0.39, 0.29) is 17.8 Å². The van der Waals surface area contributed by atoms with Gasteiger partial charge in [-0.1, -0.05) is 6.07 Å². The molecule has 0 aliphatic rings. The Kier molecular flexibility index (Phi) is 4.24. The third kappa shape index (κ3) is 3.34. The molecule has 1 nitrogen and oxygen atoms in total. The van der Waals surface area contributed by atoms with Gasteiger partial charge in [0.1, 0.15) is 17.5 Å². The molecule has 0 aliphatic heterocycles. The molecule has 0 fully saturated rings. The zero-order valence-electron chi connectivity index (χ0n) is 9.59. The summed E-state index contributed by atoms with van der Waals surface area (Å²) in [5.41, 5.74) is 0.442. The summed E-state index contributed by atoms with van der Waals surface area (Å²) in [5, 5.41) is 0. The van der Waals surface area contributed by atoms with Crippen molar-refractivity contribution >= 4 is 28.4 Å². The van der Waals surface area contributed by atoms with Crippen molar-refractivity contribution in [2.24, 2.45) is 0 Å². The minimum Gasteiger partial charge on any atom is -0.294 e. The van der Waals surface area contributed by atoms with Gasteiger partial charge in [-0.2, -0.15) is 0 Å². The van der Waals surface area contributed by atoms with Gasteiger partial charge in [0.2, 0.25) is 0 Å². The Labute approximate surface area is 121 Å². The largest absolute Gasteiger partial charge is 0.294 e. The summed E-state index contributed by atoms with van der Waals surface area (Å²) in [5.74, 6) is -2.22. The summed E-state index contributed by atoms with van der Waals surface area (Å²) in [6.45, 7) is 0. The van der Waals surface area contributed by atoms with E-state index in [4.69, 9.17) is 0 Å². The second kappa shape index (κ2) is 5.73. The van der Waals surface area contributed by atoms with Crippen molar-refractivity contribution < 1.29 is 18.0 Å². The number of carbonyl (C=O) groups is 1. The molecule has 5 heteroatoms. The maximum absolute atomic E-state index is 13.4. The Morgan fingerprint density at radius 1 is 1.00 bits per heavy atom. The normalized spacial score (nSPS) is 10.5. The highest BCUT2D eigenvalue weighted by atomic mass is 127. The number of Topliss-reactive ketones (excluding diaryl/α,β-unsaturated/α-hetero) is 1. The highest BCUT2D eigenvalue weighted by molar-refractivity contribution is 14.1. The molecule has 0 aliphatic carbocycles. The van der Waals surface area contributed by atoms with Gasteiger partial charge < -0.3 is 0 Å². The first-order chi connectivity index (χ1) is 8.97. The van der Waals surface area contributed by atoms with Crippen molar-refractivity contribution in [3.8, 4) is 0 Å². The van der Waals surface area contributed by atoms with Gasteiger partial charge >= 0.3 is 0 Å². The van der Waals surface area contributed by atoms with Gasteiger partial charge in [-0.25, -0.2) is 13.2 Å². The average molecular weight is 376 g/mol. The van der Waals surface area contributed by atoms with E-state index >= 15 is 0 Å². The topological polar surface area (TPSA) is 17.1 Å². The molecule has 0 radical (unpaired) electrons. The van der Waals surface area contributed by atoms with Crippen LogP contribution in [0.4, 0.5) is 13.2 Å². The van der Waals surface area contributed by atoms with Gasteiger partial charge in [-0.05, 0) is 52.4 Å². The highest BCUT2D eigenvalue weighted by Gasteiger charge is 2.14. The fourth-order valence-corrected chi connectivity index (χ4v) is 2.43. The summed E-state index contributed by atoms with van der Waals surface area (Å²) in [6.07, 6.45) is -0.187. The first kappa shape index (κ1) is 14.0. The van der Waals surface area contributed by atoms with Gasteiger partial charge in [0, 0.05) is 21.6 Å². The van der Waals surface area contributed by atoms with Crippen molar-refractivity contribution in [2.45, 2.75) is 6.42 Å². The van der Waals surface area contributed by atoms with Crippen LogP contribution >= 0.6 is 22.6 Å². The fraction of sp³-hybridized carbons (Fsp3) is 0.0714. The number of hydrogen-bond donors (Lipinski definition) is 0. The summed E-state index contributed by atoms with van der Waals surface area (Å²) in [6, 6.07) is 6.84. The maximum Gasteiger partial charge on any atom is 0.168 e. The van der Waals surface area contributed by atoms with Gasteiger partial charge in [-0.15, -0.1) is 0 Å². The maximum atomic E-state index is 13.4. The molecule has 0 saturated heterocycles. The van der Waals surface area contributed by atoms with E-state index in [0.717, 1.165) is 12.1 Å². The van der Waals surface area contributed by atoms with Gasteiger partial charge in [0.05, 0.1) is 0 Å². The van der Waals surface area contributed by atoms with Crippen molar-refractivity contribution in [3.05, 3.63) is 68.5 Å². The third-order valence-corrected chi connectivity index (χ3v) is 3.49. The molecular formula is C14H8F3IO. The van der Waals surface area contributed by atoms with E-state index in [1.165, 1.54) is 24.3 Å². The predicted molar refractivity (Wildman–Crippen MR) is 73.5 cm³/mol. The van der Waals surface area contributed by atoms with Crippen LogP contribution in [0.3, 0.4) is 0 Å². The van der Waals surface area contributed by atoms with E-state index in [1.54, 1.807) is 0 Å². The standard InChI is InChI=1S/C14H8F3IO/c15-9-2-1-8(12(17)6-9)5-14(19)11-4-3-10(16)7-13(11)18/h1-4,6-7H,5H2. The Balaban J connectivity index is 2.25. The van der Waals surface area contributed by atoms with Gasteiger partial charge in [0.25, 0.3) is 0 Å². The summed E-state index contributed by atoms with van der Waals surface area (Å²) in [4.78, 5) is 12.0. The zero-order valence-corrected chi connectivity index (χ0v) is 11.7. The van der Waals surface area contributed by atoms with Crippen LogP contribution < -0.4 is 0 Å². The molecule has 0 amide bonds. The molecule has 0 unspecified atom stereocenters. The number of rotatable bonds is 3. The van der Waals surface area contributed by atoms with E-state index in [9.17, 15) is 18.0 Å². The second-order valence-electron chi connectivity index (χ2n) is 3.96. The van der Waals surface area contributed by atoms with Crippen LogP contribution in [0.15, 0.2) is 36.4 Å². The Morgan fingerprint density at radius 3 is 2.26 bits per heavy atom. The molecule has 0 N–H and O–H groups in total. The minimum atomic E-state index is -0.759. The van der Waals surface area contributed by atoms with Gasteiger partial charge in [-0.3, -0.25) is 4.79 Å². The second-order valence-corrected chi connectivity index (χ2v) is 5.12. The number of halogens is 4. The molecule has 2 rings (SSSR count). The van der Waals surface area contributed by atoms with Crippen molar-refractivity contribution in [1.82, 2.24) is 0 Å². The van der Waals surface area contributed by atoms with Crippen LogP contribution in [0.5, 0.6) is 0 Å². The lowest BCUT2D eigenvalue weighted by atomic mass is 10.0. The molecule has 0 aromatic heterocycles. The molecule has 19 heavy (non-hydrogen) atoms. The summed E-state index contributed by atoms with van der Waals surface area (Å²) in [7, 11) is 0. The number of benzene rings is 2. The van der Waals surface area contributed by atoms with E-state index in [2.05, 4.69) is 0 Å². The van der Waals surface area contributed by atoms with E-state index < -0.39 is 17.5 Å². The van der Waals surface area contributed by atoms with Crippen molar-refractivity contribution in [2.75, 3.05) is 0 Å². The lowest BCUT2D eigenvalue weighted by molar-refractivity contribution is 0.0991. The highest BCUT2D eigenvalue weighted by Crippen LogP contribution is 2.18. The zero-order chi connectivity index (χ0) is 14.0. The quantitative estimate of drug-likeness (QED) is 0.582. The first-order valence-electron chi connectivity index (χ1n) is 5.39. The lowest BCUT2D eigenvalue weighted by Gasteiger charge is -2.05. The molecule has 0 spiro atoms. The lowest BCUT2D eigenvalue weighted by Crippen LogP contribution is -2.07. The minimum absolute atomic E-state index is 0.117. The van der Waals surface area contributed by atoms with Crippen LogP contribution in [-0.4, -0.2) is 5.78 Å². The molecule has 98 valence electrons. The van der Waals surface area contributed by atoms with Crippen molar-refractivity contribution in [3.63, 3.8) is 0 Å². The molecule has 0 saturated carbocycles. The Bertz CT molecular complexity index is 641. The Morgan fingerprint density at radius 2 is 1.63 bits per heavy atom. The van der Waals surface area contributed by atoms with E-state index in [1.807, 2.05) is 22.6 Å². The third-order valence-electron chi connectivity index (χ3n) is 2.60. The smallest absolute Gasteiger partial charge is 0.168 e. The molecule has 2 aromatic carbocycles. The monoisotopic (exact) mass is 376 g/mol. The fourth-order valence-electron chi connectivity index (χ4n) is 1.65. The first-order valence-corrected chi connectivity index (χ1v) is 6.47. The number of hydrogen-bond acceptors (Lipinski definition) is 1. The number of carbonyl (C=O) groups excluding carboxylic acids is 1. The summed E-state index contributed by atoms with van der Waals surface area (Å²) >= 11 is 1.84. The van der Waals surface area contributed by atoms with Crippen LogP contribution in [0, 0.1) is 21.0 Å². The number of ketones is 1. The average Bonchev–Trinajstić information content (AvgIpc) is 2.32. The molecule has 0 bridgehead atoms. The van der Waals surface area contributed by atoms with Crippen LogP contribution in [0.2, 0.25) is 0 Å². The van der Waals surface area contributed by atoms with Crippen molar-refractivity contribution in [1.29, 1.82) is 0 Å². The predicted octanol–water partition coefficient (Wildman–Crippen LogP) is 4.13. The van der Waals surface area contributed by atoms with Crippen LogP contribution in [0.25, 0.3) is 0 Å². The van der Waals surface area contributed by atoms with Gasteiger partial charge in [0.15, 0.2) is 5.78 Å². The summed E-state index contributed by atoms with van der Waals surface area (Å²) < 4.78 is 39.6. The van der Waals surface area contributed by atoms with Crippen LogP contribution in [0.1, 0.15) is 15.9 Å². The molecule has 0 atom stereocenters. The molecule has 0 heterocycles. The molecule has 2 aromatic rings. The van der Waals surface area contributed by atoms with E-state index in [0.29, 0.717) is 9.13 Å². The van der Waals surface area contributed by atoms with Crippen LogP contribution in [-0.2, 0) is 6.42 Å². The Hall–Kier alpha value is -1.37. The SMILES string of the molecule is O=C(Cc1ccc(F)cc1F)c1ccc(F)cc1I.